The van der Waals surface area contributed by atoms with E-state index in [-0.39, 0.29) is 34.6 Å². The van der Waals surface area contributed by atoms with Gasteiger partial charge < -0.3 is 14.8 Å². The lowest BCUT2D eigenvalue weighted by molar-refractivity contribution is -0.124. The molecule has 2 aromatic carbocycles. The van der Waals surface area contributed by atoms with Crippen molar-refractivity contribution >= 4 is 33.5 Å². The van der Waals surface area contributed by atoms with Crippen LogP contribution < -0.4 is 5.32 Å². The molecule has 1 aliphatic rings. The highest BCUT2D eigenvalue weighted by Gasteiger charge is 2.28. The number of carbonyl (C=O) groups is 2. The number of nitrogens with zero attached hydrogens (tertiary/aromatic N) is 1. The van der Waals surface area contributed by atoms with Gasteiger partial charge in [-0.1, -0.05) is 41.9 Å². The summed E-state index contributed by atoms with van der Waals surface area (Å²) in [6, 6.07) is 13.7. The van der Waals surface area contributed by atoms with E-state index in [0.717, 1.165) is 12.8 Å². The lowest BCUT2D eigenvalue weighted by Crippen LogP contribution is -2.40. The number of sulfonamides is 1. The Bertz CT molecular complexity index is 1070. The first-order valence-corrected chi connectivity index (χ1v) is 12.5. The van der Waals surface area contributed by atoms with E-state index in [4.69, 9.17) is 21.1 Å². The molecule has 10 heteroatoms. The summed E-state index contributed by atoms with van der Waals surface area (Å²) in [5, 5.41) is 2.83. The molecule has 0 bridgehead atoms. The molecule has 1 saturated heterocycles. The maximum absolute atomic E-state index is 12.8. The second kappa shape index (κ2) is 11.6. The number of amides is 1. The fourth-order valence-electron chi connectivity index (χ4n) is 3.38. The molecule has 0 radical (unpaired) electrons. The van der Waals surface area contributed by atoms with Crippen LogP contribution in [-0.2, 0) is 30.7 Å². The number of halogens is 1. The van der Waals surface area contributed by atoms with Gasteiger partial charge in [0.25, 0.3) is 5.91 Å². The Morgan fingerprint density at radius 2 is 1.85 bits per heavy atom. The Kier molecular flexibility index (Phi) is 8.85. The highest BCUT2D eigenvalue weighted by molar-refractivity contribution is 7.89. The minimum atomic E-state index is -3.80. The van der Waals surface area contributed by atoms with Crippen LogP contribution in [0, 0.1) is 0 Å². The summed E-state index contributed by atoms with van der Waals surface area (Å²) >= 11 is 6.10. The molecule has 2 aromatic rings. The van der Waals surface area contributed by atoms with Crippen molar-refractivity contribution in [1.82, 2.24) is 9.62 Å². The largest absolute Gasteiger partial charge is 0.452 e. The third-order valence-electron chi connectivity index (χ3n) is 5.22. The van der Waals surface area contributed by atoms with Gasteiger partial charge in [0, 0.05) is 19.1 Å². The van der Waals surface area contributed by atoms with Crippen LogP contribution in [0.1, 0.15) is 29.3 Å². The van der Waals surface area contributed by atoms with Crippen molar-refractivity contribution in [2.75, 3.05) is 32.9 Å². The van der Waals surface area contributed by atoms with Crippen LogP contribution in [0.3, 0.4) is 0 Å². The fraction of sp³-hybridized carbons (Fsp3) is 0.391. The molecule has 178 valence electrons. The van der Waals surface area contributed by atoms with Crippen LogP contribution in [0.5, 0.6) is 0 Å². The summed E-state index contributed by atoms with van der Waals surface area (Å²) < 4.78 is 37.2. The molecule has 0 spiro atoms. The first-order valence-electron chi connectivity index (χ1n) is 10.6. The van der Waals surface area contributed by atoms with Gasteiger partial charge in [-0.05, 0) is 43.5 Å². The maximum Gasteiger partial charge on any atom is 0.340 e. The number of benzene rings is 2. The van der Waals surface area contributed by atoms with E-state index < -0.39 is 28.5 Å². The van der Waals surface area contributed by atoms with Crippen LogP contribution >= 0.6 is 11.6 Å². The summed E-state index contributed by atoms with van der Waals surface area (Å²) in [4.78, 5) is 24.6. The minimum absolute atomic E-state index is 0.0394. The van der Waals surface area contributed by atoms with Crippen molar-refractivity contribution in [3.63, 3.8) is 0 Å². The summed E-state index contributed by atoms with van der Waals surface area (Å²) in [6.07, 6.45) is 1.54. The second-order valence-electron chi connectivity index (χ2n) is 7.73. The molecular formula is C23H27ClN2O6S. The molecule has 8 nitrogen and oxygen atoms in total. The highest BCUT2D eigenvalue weighted by atomic mass is 35.5. The van der Waals surface area contributed by atoms with E-state index >= 15 is 0 Å². The Hall–Kier alpha value is -2.46. The SMILES string of the molecule is CC(CCc1ccccc1)NC(=O)COC(=O)c1cc(S(=O)(=O)N2CCOCC2)ccc1Cl. The third-order valence-corrected chi connectivity index (χ3v) is 7.44. The molecule has 3 rings (SSSR count). The van der Waals surface area contributed by atoms with E-state index in [0.29, 0.717) is 13.2 Å². The fourth-order valence-corrected chi connectivity index (χ4v) is 5.01. The molecule has 1 N–H and O–H groups in total. The predicted molar refractivity (Wildman–Crippen MR) is 124 cm³/mol. The molecular weight excluding hydrogens is 468 g/mol. The van der Waals surface area contributed by atoms with Crippen LogP contribution in [0.2, 0.25) is 5.02 Å². The monoisotopic (exact) mass is 494 g/mol. The van der Waals surface area contributed by atoms with E-state index in [1.54, 1.807) is 0 Å². The zero-order valence-electron chi connectivity index (χ0n) is 18.3. The summed E-state index contributed by atoms with van der Waals surface area (Å²) in [7, 11) is -3.80. The van der Waals surface area contributed by atoms with Crippen molar-refractivity contribution in [2.45, 2.75) is 30.7 Å². The van der Waals surface area contributed by atoms with Crippen molar-refractivity contribution in [1.29, 1.82) is 0 Å². The van der Waals surface area contributed by atoms with E-state index in [2.05, 4.69) is 5.32 Å². The number of morpholine rings is 1. The Morgan fingerprint density at radius 3 is 2.55 bits per heavy atom. The van der Waals surface area contributed by atoms with Crippen LogP contribution in [0.4, 0.5) is 0 Å². The van der Waals surface area contributed by atoms with Gasteiger partial charge in [-0.25, -0.2) is 13.2 Å². The number of ether oxygens (including phenoxy) is 2. The van der Waals surface area contributed by atoms with Gasteiger partial charge in [0.1, 0.15) is 0 Å². The molecule has 0 aromatic heterocycles. The Morgan fingerprint density at radius 1 is 1.15 bits per heavy atom. The molecule has 0 aliphatic carbocycles. The number of aryl methyl sites for hydroxylation is 1. The summed E-state index contributed by atoms with van der Waals surface area (Å²) in [5.74, 6) is -1.32. The average Bonchev–Trinajstić information content (AvgIpc) is 2.82. The van der Waals surface area contributed by atoms with Gasteiger partial charge in [-0.15, -0.1) is 0 Å². The van der Waals surface area contributed by atoms with Gasteiger partial charge in [0.2, 0.25) is 10.0 Å². The molecule has 0 saturated carbocycles. The van der Waals surface area contributed by atoms with Gasteiger partial charge in [-0.3, -0.25) is 4.79 Å². The number of rotatable bonds is 9. The quantitative estimate of drug-likeness (QED) is 0.538. The van der Waals surface area contributed by atoms with Crippen LogP contribution in [-0.4, -0.2) is 63.6 Å². The number of nitrogens with one attached hydrogen (secondary N) is 1. The molecule has 1 atom stereocenters. The summed E-state index contributed by atoms with van der Waals surface area (Å²) in [5.41, 5.74) is 1.06. The molecule has 1 heterocycles. The number of hydrogen-bond donors (Lipinski definition) is 1. The zero-order chi connectivity index (χ0) is 23.8. The van der Waals surface area contributed by atoms with E-state index in [9.17, 15) is 18.0 Å². The zero-order valence-corrected chi connectivity index (χ0v) is 19.9. The molecule has 33 heavy (non-hydrogen) atoms. The van der Waals surface area contributed by atoms with Crippen molar-refractivity contribution in [3.8, 4) is 0 Å². The van der Waals surface area contributed by atoms with Crippen LogP contribution in [0.25, 0.3) is 0 Å². The van der Waals surface area contributed by atoms with Crippen LogP contribution in [0.15, 0.2) is 53.4 Å². The second-order valence-corrected chi connectivity index (χ2v) is 10.1. The topological polar surface area (TPSA) is 102 Å². The number of hydrogen-bond acceptors (Lipinski definition) is 6. The van der Waals surface area contributed by atoms with E-state index in [1.807, 2.05) is 37.3 Å². The van der Waals surface area contributed by atoms with Gasteiger partial charge in [0.05, 0.1) is 28.7 Å². The number of carbonyl (C=O) groups excluding carboxylic acids is 2. The standard InChI is InChI=1S/C23H27ClN2O6S/c1-17(7-8-18-5-3-2-4-6-18)25-22(27)16-32-23(28)20-15-19(9-10-21(20)24)33(29,30)26-11-13-31-14-12-26/h2-6,9-10,15,17H,7-8,11-14,16H2,1H3,(H,25,27). The lowest BCUT2D eigenvalue weighted by Gasteiger charge is -2.26. The summed E-state index contributed by atoms with van der Waals surface area (Å²) in [6.45, 7) is 2.45. The third kappa shape index (κ3) is 7.01. The van der Waals surface area contributed by atoms with Gasteiger partial charge in [0.15, 0.2) is 6.61 Å². The number of esters is 1. The predicted octanol–water partition coefficient (Wildman–Crippen LogP) is 2.66. The minimum Gasteiger partial charge on any atom is -0.452 e. The van der Waals surface area contributed by atoms with Crippen molar-refractivity contribution in [3.05, 3.63) is 64.7 Å². The first kappa shape index (κ1) is 25.2. The molecule has 1 fully saturated rings. The average molecular weight is 495 g/mol. The molecule has 1 unspecified atom stereocenters. The van der Waals surface area contributed by atoms with Gasteiger partial charge >= 0.3 is 5.97 Å². The highest BCUT2D eigenvalue weighted by Crippen LogP contribution is 2.24. The molecule has 1 amide bonds. The lowest BCUT2D eigenvalue weighted by atomic mass is 10.1. The maximum atomic E-state index is 12.8. The molecule has 1 aliphatic heterocycles. The van der Waals surface area contributed by atoms with Gasteiger partial charge in [-0.2, -0.15) is 4.31 Å². The van der Waals surface area contributed by atoms with E-state index in [1.165, 1.54) is 28.1 Å². The first-order chi connectivity index (χ1) is 15.8. The van der Waals surface area contributed by atoms with Crippen molar-refractivity contribution < 1.29 is 27.5 Å². The Labute approximate surface area is 198 Å². The van der Waals surface area contributed by atoms with Crippen molar-refractivity contribution in [2.24, 2.45) is 0 Å². The Balaban J connectivity index is 1.55. The smallest absolute Gasteiger partial charge is 0.340 e. The normalized spacial score (nSPS) is 15.6.